The Labute approximate surface area is 121 Å². The van der Waals surface area contributed by atoms with Crippen LogP contribution in [0, 0.1) is 5.82 Å². The molecule has 2 fully saturated rings. The van der Waals surface area contributed by atoms with Crippen molar-refractivity contribution in [2.45, 2.75) is 43.4 Å². The van der Waals surface area contributed by atoms with Crippen LogP contribution < -0.4 is 0 Å². The largest absolute Gasteiger partial charge is 0.465 e. The fourth-order valence-corrected chi connectivity index (χ4v) is 3.62. The van der Waals surface area contributed by atoms with E-state index in [4.69, 9.17) is 0 Å². The van der Waals surface area contributed by atoms with Gasteiger partial charge in [0.2, 0.25) is 0 Å². The number of ketones is 1. The molecule has 2 bridgehead atoms. The molecule has 0 radical (unpaired) electrons. The van der Waals surface area contributed by atoms with Gasteiger partial charge in [0.15, 0.2) is 5.78 Å². The second-order valence-corrected chi connectivity index (χ2v) is 5.82. The first-order valence-electron chi connectivity index (χ1n) is 6.95. The molecule has 2 unspecified atom stereocenters. The first kappa shape index (κ1) is 14.0. The minimum absolute atomic E-state index is 0.0307. The zero-order valence-electron chi connectivity index (χ0n) is 11.3. The van der Waals surface area contributed by atoms with Crippen LogP contribution in [0.2, 0.25) is 0 Å². The van der Waals surface area contributed by atoms with E-state index in [1.807, 2.05) is 0 Å². The van der Waals surface area contributed by atoms with Crippen LogP contribution in [-0.4, -0.2) is 44.7 Å². The number of carbonyl (C=O) groups excluding carboxylic acids is 1. The minimum atomic E-state index is -1.68. The lowest BCUT2D eigenvalue weighted by Gasteiger charge is -2.41. The van der Waals surface area contributed by atoms with Crippen molar-refractivity contribution in [3.63, 3.8) is 0 Å². The summed E-state index contributed by atoms with van der Waals surface area (Å²) in [5.74, 6) is -1.31. The van der Waals surface area contributed by atoms with E-state index in [9.17, 15) is 24.2 Å². The fraction of sp³-hybridized carbons (Fsp3) is 0.467. The topological polar surface area (TPSA) is 77.8 Å². The number of carboxylic acid groups (broad SMARTS) is 1. The van der Waals surface area contributed by atoms with E-state index in [1.54, 1.807) is 6.07 Å². The van der Waals surface area contributed by atoms with E-state index >= 15 is 0 Å². The van der Waals surface area contributed by atoms with Gasteiger partial charge in [-0.15, -0.1) is 0 Å². The van der Waals surface area contributed by atoms with Crippen LogP contribution in [0.3, 0.4) is 0 Å². The number of halogens is 1. The maximum Gasteiger partial charge on any atom is 0.407 e. The molecule has 0 aliphatic carbocycles. The van der Waals surface area contributed by atoms with Crippen molar-refractivity contribution in [1.29, 1.82) is 0 Å². The summed E-state index contributed by atoms with van der Waals surface area (Å²) in [6, 6.07) is 4.80. The average Bonchev–Trinajstić information content (AvgIpc) is 2.72. The number of aliphatic hydroxyl groups is 1. The predicted molar refractivity (Wildman–Crippen MR) is 71.6 cm³/mol. The summed E-state index contributed by atoms with van der Waals surface area (Å²) < 4.78 is 13.7. The molecular formula is C15H16FNO4. The Morgan fingerprint density at radius 1 is 1.19 bits per heavy atom. The molecule has 6 heteroatoms. The molecule has 2 aliphatic heterocycles. The molecule has 2 heterocycles. The molecule has 21 heavy (non-hydrogen) atoms. The number of hydrogen-bond donors (Lipinski definition) is 2. The maximum atomic E-state index is 13.7. The van der Waals surface area contributed by atoms with E-state index < -0.39 is 23.3 Å². The second kappa shape index (κ2) is 4.80. The van der Waals surface area contributed by atoms with Crippen molar-refractivity contribution < 1.29 is 24.2 Å². The average molecular weight is 293 g/mol. The van der Waals surface area contributed by atoms with Crippen molar-refractivity contribution in [3.05, 3.63) is 35.6 Å². The smallest absolute Gasteiger partial charge is 0.407 e. The summed E-state index contributed by atoms with van der Waals surface area (Å²) in [5, 5.41) is 19.9. The summed E-state index contributed by atoms with van der Waals surface area (Å²) in [4.78, 5) is 25.0. The highest BCUT2D eigenvalue weighted by Crippen LogP contribution is 2.42. The van der Waals surface area contributed by atoms with Gasteiger partial charge >= 0.3 is 6.09 Å². The second-order valence-electron chi connectivity index (χ2n) is 5.82. The molecule has 5 nitrogen and oxygen atoms in total. The molecule has 3 rings (SSSR count). The SMILES string of the molecule is O=C(O)N1C2CCC1CC(O)(C(=O)c1ccccc1F)C2. The Morgan fingerprint density at radius 3 is 2.29 bits per heavy atom. The van der Waals surface area contributed by atoms with E-state index in [0.29, 0.717) is 12.8 Å². The molecule has 0 saturated carbocycles. The van der Waals surface area contributed by atoms with E-state index in [0.717, 1.165) is 0 Å². The number of hydrogen-bond acceptors (Lipinski definition) is 3. The van der Waals surface area contributed by atoms with Crippen LogP contribution >= 0.6 is 0 Å². The zero-order valence-corrected chi connectivity index (χ0v) is 11.3. The molecular weight excluding hydrogens is 277 g/mol. The molecule has 2 saturated heterocycles. The van der Waals surface area contributed by atoms with Gasteiger partial charge in [-0.05, 0) is 25.0 Å². The first-order chi connectivity index (χ1) is 9.92. The molecule has 1 aromatic rings. The lowest BCUT2D eigenvalue weighted by Crippen LogP contribution is -2.56. The summed E-state index contributed by atoms with van der Waals surface area (Å²) in [6.07, 6.45) is 0.294. The van der Waals surface area contributed by atoms with Gasteiger partial charge < -0.3 is 15.1 Å². The fourth-order valence-electron chi connectivity index (χ4n) is 3.62. The quantitative estimate of drug-likeness (QED) is 0.818. The van der Waals surface area contributed by atoms with Crippen LogP contribution in [0.25, 0.3) is 0 Å². The summed E-state index contributed by atoms with van der Waals surface area (Å²) >= 11 is 0. The Bertz CT molecular complexity index is 589. The van der Waals surface area contributed by atoms with Gasteiger partial charge in [0, 0.05) is 24.9 Å². The molecule has 1 aromatic carbocycles. The molecule has 2 atom stereocenters. The minimum Gasteiger partial charge on any atom is -0.465 e. The number of fused-ring (bicyclic) bond motifs is 2. The number of amides is 1. The number of Topliss-reactive ketones (excluding diaryl/α,β-unsaturated/α-hetero) is 1. The van der Waals surface area contributed by atoms with Gasteiger partial charge in [0.25, 0.3) is 0 Å². The van der Waals surface area contributed by atoms with Crippen molar-refractivity contribution in [2.75, 3.05) is 0 Å². The molecule has 0 spiro atoms. The van der Waals surface area contributed by atoms with E-state index in [2.05, 4.69) is 0 Å². The summed E-state index contributed by atoms with van der Waals surface area (Å²) in [5.41, 5.74) is -1.82. The van der Waals surface area contributed by atoms with E-state index in [-0.39, 0.29) is 30.5 Å². The van der Waals surface area contributed by atoms with Crippen LogP contribution in [-0.2, 0) is 0 Å². The highest BCUT2D eigenvalue weighted by molar-refractivity contribution is 6.02. The third-order valence-electron chi connectivity index (χ3n) is 4.53. The van der Waals surface area contributed by atoms with Crippen molar-refractivity contribution in [1.82, 2.24) is 4.90 Å². The third kappa shape index (κ3) is 2.19. The van der Waals surface area contributed by atoms with Crippen molar-refractivity contribution in [2.24, 2.45) is 0 Å². The third-order valence-corrected chi connectivity index (χ3v) is 4.53. The standard InChI is InChI=1S/C15H16FNO4/c16-12-4-2-1-3-11(12)13(18)15(21)7-9-5-6-10(8-15)17(9)14(19)20/h1-4,9-10,21H,5-8H2,(H,19,20). The summed E-state index contributed by atoms with van der Waals surface area (Å²) in [6.45, 7) is 0. The normalized spacial score (nSPS) is 31.2. The van der Waals surface area contributed by atoms with Gasteiger partial charge in [-0.2, -0.15) is 0 Å². The Morgan fingerprint density at radius 2 is 1.76 bits per heavy atom. The highest BCUT2D eigenvalue weighted by atomic mass is 19.1. The number of benzene rings is 1. The molecule has 2 N–H and O–H groups in total. The van der Waals surface area contributed by atoms with Gasteiger partial charge in [-0.1, -0.05) is 12.1 Å². The van der Waals surface area contributed by atoms with Gasteiger partial charge in [-0.25, -0.2) is 9.18 Å². The number of nitrogens with zero attached hydrogens (tertiary/aromatic N) is 1. The Hall–Kier alpha value is -1.95. The number of piperidine rings is 1. The Kier molecular flexibility index (Phi) is 3.20. The molecule has 0 aromatic heterocycles. The molecule has 1 amide bonds. The van der Waals surface area contributed by atoms with Crippen LogP contribution in [0.5, 0.6) is 0 Å². The van der Waals surface area contributed by atoms with E-state index in [1.165, 1.54) is 23.1 Å². The van der Waals surface area contributed by atoms with Crippen molar-refractivity contribution >= 4 is 11.9 Å². The molecule has 2 aliphatic rings. The van der Waals surface area contributed by atoms with Crippen LogP contribution in [0.1, 0.15) is 36.0 Å². The maximum absolute atomic E-state index is 13.7. The monoisotopic (exact) mass is 293 g/mol. The van der Waals surface area contributed by atoms with Crippen LogP contribution in [0.4, 0.5) is 9.18 Å². The number of rotatable bonds is 2. The lowest BCUT2D eigenvalue weighted by molar-refractivity contribution is -0.0267. The van der Waals surface area contributed by atoms with Gasteiger partial charge in [-0.3, -0.25) is 4.79 Å². The van der Waals surface area contributed by atoms with Gasteiger partial charge in [0.05, 0.1) is 5.56 Å². The number of carbonyl (C=O) groups is 2. The van der Waals surface area contributed by atoms with Crippen LogP contribution in [0.15, 0.2) is 24.3 Å². The predicted octanol–water partition coefficient (Wildman–Crippen LogP) is 2.04. The highest BCUT2D eigenvalue weighted by Gasteiger charge is 2.53. The van der Waals surface area contributed by atoms with Gasteiger partial charge in [0.1, 0.15) is 11.4 Å². The molecule has 112 valence electrons. The Balaban J connectivity index is 1.89. The summed E-state index contributed by atoms with van der Waals surface area (Å²) in [7, 11) is 0. The first-order valence-corrected chi connectivity index (χ1v) is 6.95. The lowest BCUT2D eigenvalue weighted by atomic mass is 9.80. The zero-order chi connectivity index (χ0) is 15.2. The van der Waals surface area contributed by atoms with Crippen molar-refractivity contribution in [3.8, 4) is 0 Å².